The summed E-state index contributed by atoms with van der Waals surface area (Å²) in [6, 6.07) is 4.16. The lowest BCUT2D eigenvalue weighted by atomic mass is 10.1. The Bertz CT molecular complexity index is 454. The molecule has 0 spiro atoms. The SMILES string of the molecule is Cc1c(N(C)C)ccc(Br)c1NC1=NCCN1. The van der Waals surface area contributed by atoms with Crippen molar-refractivity contribution in [2.24, 2.45) is 4.99 Å². The number of benzene rings is 1. The minimum absolute atomic E-state index is 0.840. The molecule has 1 heterocycles. The molecule has 1 aromatic rings. The second-order valence-corrected chi connectivity index (χ2v) is 5.10. The van der Waals surface area contributed by atoms with Crippen molar-refractivity contribution in [3.8, 4) is 0 Å². The second-order valence-electron chi connectivity index (χ2n) is 4.24. The quantitative estimate of drug-likeness (QED) is 0.879. The van der Waals surface area contributed by atoms with Crippen LogP contribution in [0, 0.1) is 6.92 Å². The summed E-state index contributed by atoms with van der Waals surface area (Å²) in [5.74, 6) is 0.852. The van der Waals surface area contributed by atoms with E-state index in [-0.39, 0.29) is 0 Å². The molecule has 2 N–H and O–H groups in total. The summed E-state index contributed by atoms with van der Waals surface area (Å²) < 4.78 is 1.05. The van der Waals surface area contributed by atoms with E-state index in [9.17, 15) is 0 Å². The smallest absolute Gasteiger partial charge is 0.195 e. The second kappa shape index (κ2) is 4.96. The van der Waals surface area contributed by atoms with Crippen molar-refractivity contribution < 1.29 is 0 Å². The standard InChI is InChI=1S/C12H17BrN4/c1-8-10(17(2)3)5-4-9(13)11(8)16-12-14-6-7-15-12/h4-5H,6-7H2,1-3H3,(H2,14,15,16). The van der Waals surface area contributed by atoms with Crippen LogP contribution in [0.1, 0.15) is 5.56 Å². The number of hydrogen-bond donors (Lipinski definition) is 2. The van der Waals surface area contributed by atoms with E-state index in [0.29, 0.717) is 0 Å². The topological polar surface area (TPSA) is 39.7 Å². The van der Waals surface area contributed by atoms with Crippen LogP contribution >= 0.6 is 15.9 Å². The summed E-state index contributed by atoms with van der Waals surface area (Å²) in [4.78, 5) is 6.46. The van der Waals surface area contributed by atoms with Gasteiger partial charge in [-0.3, -0.25) is 4.99 Å². The number of aliphatic imine (C=N–C) groups is 1. The highest BCUT2D eigenvalue weighted by atomic mass is 79.9. The van der Waals surface area contributed by atoms with Crippen LogP contribution in [-0.2, 0) is 0 Å². The average molecular weight is 297 g/mol. The summed E-state index contributed by atoms with van der Waals surface area (Å²) in [6.07, 6.45) is 0. The molecule has 1 aromatic carbocycles. The Balaban J connectivity index is 2.34. The van der Waals surface area contributed by atoms with Crippen LogP contribution in [-0.4, -0.2) is 33.1 Å². The number of nitrogens with one attached hydrogen (secondary N) is 2. The van der Waals surface area contributed by atoms with Gasteiger partial charge in [0.25, 0.3) is 0 Å². The number of halogens is 1. The Hall–Kier alpha value is -1.23. The minimum Gasteiger partial charge on any atom is -0.377 e. The van der Waals surface area contributed by atoms with E-state index in [4.69, 9.17) is 0 Å². The van der Waals surface area contributed by atoms with E-state index in [2.05, 4.69) is 55.5 Å². The number of rotatable bonds is 2. The van der Waals surface area contributed by atoms with Crippen LogP contribution in [0.3, 0.4) is 0 Å². The molecule has 1 aliphatic heterocycles. The Labute approximate surface area is 110 Å². The van der Waals surface area contributed by atoms with E-state index in [1.54, 1.807) is 0 Å². The molecule has 0 aromatic heterocycles. The monoisotopic (exact) mass is 296 g/mol. The zero-order valence-corrected chi connectivity index (χ0v) is 11.9. The Morgan fingerprint density at radius 1 is 1.41 bits per heavy atom. The van der Waals surface area contributed by atoms with Crippen molar-refractivity contribution in [1.29, 1.82) is 0 Å². The molecule has 2 rings (SSSR count). The molecule has 0 bridgehead atoms. The Kier molecular flexibility index (Phi) is 3.57. The zero-order chi connectivity index (χ0) is 12.4. The number of hydrogen-bond acceptors (Lipinski definition) is 4. The first-order chi connectivity index (χ1) is 8.09. The molecule has 0 amide bonds. The molecule has 5 heteroatoms. The molecule has 0 saturated heterocycles. The van der Waals surface area contributed by atoms with Gasteiger partial charge in [-0.25, -0.2) is 0 Å². The number of anilines is 2. The molecular formula is C12H17BrN4. The minimum atomic E-state index is 0.840. The van der Waals surface area contributed by atoms with Crippen molar-refractivity contribution in [2.75, 3.05) is 37.4 Å². The zero-order valence-electron chi connectivity index (χ0n) is 10.3. The van der Waals surface area contributed by atoms with Crippen LogP contribution in [0.25, 0.3) is 0 Å². The molecule has 0 unspecified atom stereocenters. The van der Waals surface area contributed by atoms with Gasteiger partial charge in [0.2, 0.25) is 0 Å². The van der Waals surface area contributed by atoms with Crippen molar-refractivity contribution in [2.45, 2.75) is 6.92 Å². The van der Waals surface area contributed by atoms with E-state index in [1.807, 2.05) is 14.1 Å². The van der Waals surface area contributed by atoms with Gasteiger partial charge in [-0.15, -0.1) is 0 Å². The summed E-state index contributed by atoms with van der Waals surface area (Å²) in [6.45, 7) is 3.86. The third-order valence-corrected chi connectivity index (χ3v) is 3.45. The van der Waals surface area contributed by atoms with Crippen LogP contribution in [0.4, 0.5) is 11.4 Å². The van der Waals surface area contributed by atoms with Gasteiger partial charge >= 0.3 is 0 Å². The van der Waals surface area contributed by atoms with Crippen LogP contribution in [0.5, 0.6) is 0 Å². The van der Waals surface area contributed by atoms with E-state index in [1.165, 1.54) is 11.3 Å². The fourth-order valence-electron chi connectivity index (χ4n) is 1.91. The van der Waals surface area contributed by atoms with Gasteiger partial charge < -0.3 is 15.5 Å². The largest absolute Gasteiger partial charge is 0.377 e. The van der Waals surface area contributed by atoms with Crippen molar-refractivity contribution in [3.05, 3.63) is 22.2 Å². The molecule has 4 nitrogen and oxygen atoms in total. The van der Waals surface area contributed by atoms with E-state index < -0.39 is 0 Å². The molecule has 0 radical (unpaired) electrons. The fraction of sp³-hybridized carbons (Fsp3) is 0.417. The first kappa shape index (κ1) is 12.2. The van der Waals surface area contributed by atoms with Crippen molar-refractivity contribution >= 4 is 33.3 Å². The maximum Gasteiger partial charge on any atom is 0.195 e. The molecule has 0 fully saturated rings. The highest BCUT2D eigenvalue weighted by Gasteiger charge is 2.13. The number of guanidine groups is 1. The first-order valence-corrected chi connectivity index (χ1v) is 6.40. The fourth-order valence-corrected chi connectivity index (χ4v) is 2.43. The lowest BCUT2D eigenvalue weighted by molar-refractivity contribution is 0.959. The van der Waals surface area contributed by atoms with Gasteiger partial charge in [-0.2, -0.15) is 0 Å². The average Bonchev–Trinajstić information content (AvgIpc) is 2.76. The van der Waals surface area contributed by atoms with Crippen molar-refractivity contribution in [3.63, 3.8) is 0 Å². The maximum atomic E-state index is 4.35. The van der Waals surface area contributed by atoms with Gasteiger partial charge in [0.05, 0.1) is 12.2 Å². The summed E-state index contributed by atoms with van der Waals surface area (Å²) in [5, 5.41) is 6.55. The normalized spacial score (nSPS) is 14.2. The van der Waals surface area contributed by atoms with Gasteiger partial charge in [-0.1, -0.05) is 0 Å². The molecule has 92 valence electrons. The van der Waals surface area contributed by atoms with Gasteiger partial charge in [-0.05, 0) is 40.5 Å². The lowest BCUT2D eigenvalue weighted by Gasteiger charge is -2.20. The summed E-state index contributed by atoms with van der Waals surface area (Å²) >= 11 is 3.57. The highest BCUT2D eigenvalue weighted by molar-refractivity contribution is 9.10. The third kappa shape index (κ3) is 2.54. The maximum absolute atomic E-state index is 4.35. The highest BCUT2D eigenvalue weighted by Crippen LogP contribution is 2.32. The van der Waals surface area contributed by atoms with E-state index >= 15 is 0 Å². The predicted octanol–water partition coefficient (Wildman–Crippen LogP) is 2.19. The van der Waals surface area contributed by atoms with E-state index in [0.717, 1.165) is 29.2 Å². The first-order valence-electron chi connectivity index (χ1n) is 5.61. The van der Waals surface area contributed by atoms with Gasteiger partial charge in [0.1, 0.15) is 0 Å². The molecule has 1 aliphatic rings. The van der Waals surface area contributed by atoms with Gasteiger partial charge in [0, 0.05) is 30.8 Å². The lowest BCUT2D eigenvalue weighted by Crippen LogP contribution is -2.27. The summed E-state index contributed by atoms with van der Waals surface area (Å²) in [7, 11) is 4.09. The Morgan fingerprint density at radius 3 is 2.76 bits per heavy atom. The van der Waals surface area contributed by atoms with Crippen LogP contribution < -0.4 is 15.5 Å². The van der Waals surface area contributed by atoms with Crippen LogP contribution in [0.15, 0.2) is 21.6 Å². The predicted molar refractivity (Wildman–Crippen MR) is 77.1 cm³/mol. The van der Waals surface area contributed by atoms with Crippen LogP contribution in [0.2, 0.25) is 0 Å². The molecule has 0 atom stereocenters. The van der Waals surface area contributed by atoms with Crippen molar-refractivity contribution in [1.82, 2.24) is 5.32 Å². The summed E-state index contributed by atoms with van der Waals surface area (Å²) in [5.41, 5.74) is 3.49. The third-order valence-electron chi connectivity index (χ3n) is 2.78. The Morgan fingerprint density at radius 2 is 2.18 bits per heavy atom. The molecule has 17 heavy (non-hydrogen) atoms. The van der Waals surface area contributed by atoms with Gasteiger partial charge in [0.15, 0.2) is 5.96 Å². The number of nitrogens with zero attached hydrogens (tertiary/aromatic N) is 2. The molecule has 0 aliphatic carbocycles. The molecular weight excluding hydrogens is 280 g/mol. The molecule has 0 saturated carbocycles.